The largest absolute Gasteiger partial charge is 0.396 e. The van der Waals surface area contributed by atoms with E-state index in [2.05, 4.69) is 10.5 Å². The van der Waals surface area contributed by atoms with Crippen LogP contribution in [0.25, 0.3) is 0 Å². The van der Waals surface area contributed by atoms with Crippen LogP contribution in [0.2, 0.25) is 0 Å². The van der Waals surface area contributed by atoms with Crippen LogP contribution in [0.3, 0.4) is 0 Å². The molecule has 2 rings (SSSR count). The standard InChI is InChI=1S/C13H13F2N3O2/c1-6-9(7(2)20-18-6)5-17-13(19)8-3-12(16)11(15)4-10(8)14/h3-4H,5,16H2,1-2H3,(H,17,19). The minimum Gasteiger partial charge on any atom is -0.396 e. The first-order valence-corrected chi connectivity index (χ1v) is 5.84. The molecule has 1 aromatic carbocycles. The molecule has 0 atom stereocenters. The van der Waals surface area contributed by atoms with Crippen molar-refractivity contribution in [3.8, 4) is 0 Å². The number of carbonyl (C=O) groups excluding carboxylic acids is 1. The zero-order valence-electron chi connectivity index (χ0n) is 11.0. The molecule has 20 heavy (non-hydrogen) atoms. The molecule has 3 N–H and O–H groups in total. The number of anilines is 1. The summed E-state index contributed by atoms with van der Waals surface area (Å²) in [7, 11) is 0. The van der Waals surface area contributed by atoms with E-state index in [1.807, 2.05) is 0 Å². The zero-order valence-corrected chi connectivity index (χ0v) is 11.0. The number of nitrogens with zero attached hydrogens (tertiary/aromatic N) is 1. The maximum atomic E-state index is 13.5. The van der Waals surface area contributed by atoms with E-state index >= 15 is 0 Å². The first kappa shape index (κ1) is 14.0. The van der Waals surface area contributed by atoms with Crippen molar-refractivity contribution in [1.29, 1.82) is 0 Å². The number of carbonyl (C=O) groups is 1. The number of aryl methyl sites for hydroxylation is 2. The maximum absolute atomic E-state index is 13.5. The summed E-state index contributed by atoms with van der Waals surface area (Å²) in [6, 6.07) is 1.55. The van der Waals surface area contributed by atoms with Crippen molar-refractivity contribution >= 4 is 11.6 Å². The average Bonchev–Trinajstić information content (AvgIpc) is 2.71. The maximum Gasteiger partial charge on any atom is 0.254 e. The fourth-order valence-corrected chi connectivity index (χ4v) is 1.76. The number of nitrogen functional groups attached to an aromatic ring is 1. The summed E-state index contributed by atoms with van der Waals surface area (Å²) in [5.41, 5.74) is 6.08. The molecule has 2 aromatic rings. The van der Waals surface area contributed by atoms with Crippen LogP contribution in [0, 0.1) is 25.5 Å². The number of hydrogen-bond acceptors (Lipinski definition) is 4. The number of amides is 1. The quantitative estimate of drug-likeness (QED) is 0.844. The molecule has 1 heterocycles. The minimum atomic E-state index is -0.965. The highest BCUT2D eigenvalue weighted by atomic mass is 19.1. The normalized spacial score (nSPS) is 10.6. The highest BCUT2D eigenvalue weighted by Crippen LogP contribution is 2.17. The van der Waals surface area contributed by atoms with E-state index in [0.29, 0.717) is 23.1 Å². The van der Waals surface area contributed by atoms with Crippen molar-refractivity contribution in [1.82, 2.24) is 10.5 Å². The minimum absolute atomic E-state index is 0.136. The van der Waals surface area contributed by atoms with Crippen LogP contribution in [0.5, 0.6) is 0 Å². The highest BCUT2D eigenvalue weighted by Gasteiger charge is 2.16. The summed E-state index contributed by atoms with van der Waals surface area (Å²) in [5, 5.41) is 6.25. The van der Waals surface area contributed by atoms with Crippen LogP contribution in [0.4, 0.5) is 14.5 Å². The molecule has 5 nitrogen and oxygen atoms in total. The second-order valence-electron chi connectivity index (χ2n) is 4.34. The Morgan fingerprint density at radius 3 is 2.65 bits per heavy atom. The topological polar surface area (TPSA) is 81.2 Å². The predicted octanol–water partition coefficient (Wildman–Crippen LogP) is 2.08. The molecular weight excluding hydrogens is 268 g/mol. The van der Waals surface area contributed by atoms with E-state index in [-0.39, 0.29) is 17.8 Å². The Hall–Kier alpha value is -2.44. The lowest BCUT2D eigenvalue weighted by Gasteiger charge is -2.07. The van der Waals surface area contributed by atoms with E-state index in [9.17, 15) is 13.6 Å². The Morgan fingerprint density at radius 1 is 1.35 bits per heavy atom. The number of halogens is 2. The summed E-state index contributed by atoms with van der Waals surface area (Å²) in [6.07, 6.45) is 0. The molecular formula is C13H13F2N3O2. The van der Waals surface area contributed by atoms with Gasteiger partial charge < -0.3 is 15.6 Å². The number of aromatic nitrogens is 1. The number of nitrogens with one attached hydrogen (secondary N) is 1. The Morgan fingerprint density at radius 2 is 2.05 bits per heavy atom. The molecule has 0 fully saturated rings. The molecule has 0 aliphatic rings. The van der Waals surface area contributed by atoms with Gasteiger partial charge in [-0.1, -0.05) is 5.16 Å². The highest BCUT2D eigenvalue weighted by molar-refractivity contribution is 5.95. The second kappa shape index (κ2) is 5.28. The van der Waals surface area contributed by atoms with Gasteiger partial charge in [0.1, 0.15) is 17.4 Å². The number of benzene rings is 1. The van der Waals surface area contributed by atoms with Crippen molar-refractivity contribution < 1.29 is 18.1 Å². The van der Waals surface area contributed by atoms with E-state index in [4.69, 9.17) is 10.3 Å². The first-order valence-electron chi connectivity index (χ1n) is 5.84. The van der Waals surface area contributed by atoms with Gasteiger partial charge in [0.25, 0.3) is 5.91 Å². The smallest absolute Gasteiger partial charge is 0.254 e. The lowest BCUT2D eigenvalue weighted by Crippen LogP contribution is -2.24. The lowest BCUT2D eigenvalue weighted by atomic mass is 10.1. The van der Waals surface area contributed by atoms with E-state index in [0.717, 1.165) is 6.07 Å². The molecule has 106 valence electrons. The van der Waals surface area contributed by atoms with Crippen molar-refractivity contribution in [3.05, 3.63) is 46.3 Å². The summed E-state index contributed by atoms with van der Waals surface area (Å²) in [5.74, 6) is -1.98. The second-order valence-corrected chi connectivity index (χ2v) is 4.34. The van der Waals surface area contributed by atoms with Gasteiger partial charge in [-0.3, -0.25) is 4.79 Å². The van der Waals surface area contributed by atoms with E-state index in [1.54, 1.807) is 13.8 Å². The van der Waals surface area contributed by atoms with Crippen LogP contribution >= 0.6 is 0 Å². The van der Waals surface area contributed by atoms with Gasteiger partial charge in [0.05, 0.1) is 16.9 Å². The van der Waals surface area contributed by atoms with Gasteiger partial charge in [-0.15, -0.1) is 0 Å². The monoisotopic (exact) mass is 281 g/mol. The Bertz CT molecular complexity index is 648. The van der Waals surface area contributed by atoms with Crippen molar-refractivity contribution in [3.63, 3.8) is 0 Å². The molecule has 7 heteroatoms. The summed E-state index contributed by atoms with van der Waals surface area (Å²) in [4.78, 5) is 11.9. The third-order valence-corrected chi connectivity index (χ3v) is 2.94. The van der Waals surface area contributed by atoms with Crippen LogP contribution in [-0.2, 0) is 6.54 Å². The van der Waals surface area contributed by atoms with E-state index in [1.165, 1.54) is 0 Å². The van der Waals surface area contributed by atoms with Crippen LogP contribution in [0.15, 0.2) is 16.7 Å². The summed E-state index contributed by atoms with van der Waals surface area (Å²) >= 11 is 0. The SMILES string of the molecule is Cc1noc(C)c1CNC(=O)c1cc(N)c(F)cc1F. The fourth-order valence-electron chi connectivity index (χ4n) is 1.76. The first-order chi connectivity index (χ1) is 9.40. The number of nitrogens with two attached hydrogens (primary N) is 1. The van der Waals surface area contributed by atoms with Gasteiger partial charge in [0.2, 0.25) is 0 Å². The van der Waals surface area contributed by atoms with Gasteiger partial charge in [0.15, 0.2) is 0 Å². The Kier molecular flexibility index (Phi) is 3.69. The van der Waals surface area contributed by atoms with Gasteiger partial charge in [-0.05, 0) is 19.9 Å². The number of hydrogen-bond donors (Lipinski definition) is 2. The summed E-state index contributed by atoms with van der Waals surface area (Å²) < 4.78 is 31.5. The van der Waals surface area contributed by atoms with Gasteiger partial charge in [-0.25, -0.2) is 8.78 Å². The molecule has 0 saturated carbocycles. The molecule has 0 bridgehead atoms. The Labute approximate surface area is 113 Å². The average molecular weight is 281 g/mol. The molecule has 0 radical (unpaired) electrons. The van der Waals surface area contributed by atoms with E-state index < -0.39 is 17.5 Å². The zero-order chi connectivity index (χ0) is 14.9. The molecule has 1 amide bonds. The molecule has 0 saturated heterocycles. The lowest BCUT2D eigenvalue weighted by molar-refractivity contribution is 0.0946. The Balaban J connectivity index is 2.15. The van der Waals surface area contributed by atoms with Crippen LogP contribution in [-0.4, -0.2) is 11.1 Å². The third-order valence-electron chi connectivity index (χ3n) is 2.94. The predicted molar refractivity (Wildman–Crippen MR) is 67.9 cm³/mol. The van der Waals surface area contributed by atoms with Crippen molar-refractivity contribution in [2.24, 2.45) is 0 Å². The summed E-state index contributed by atoms with van der Waals surface area (Å²) in [6.45, 7) is 3.57. The third kappa shape index (κ3) is 2.61. The van der Waals surface area contributed by atoms with Gasteiger partial charge in [0, 0.05) is 18.2 Å². The molecule has 0 aliphatic carbocycles. The van der Waals surface area contributed by atoms with Gasteiger partial charge >= 0.3 is 0 Å². The molecule has 0 aliphatic heterocycles. The van der Waals surface area contributed by atoms with Crippen molar-refractivity contribution in [2.75, 3.05) is 5.73 Å². The van der Waals surface area contributed by atoms with Crippen LogP contribution < -0.4 is 11.1 Å². The molecule has 0 spiro atoms. The van der Waals surface area contributed by atoms with Crippen molar-refractivity contribution in [2.45, 2.75) is 20.4 Å². The van der Waals surface area contributed by atoms with Gasteiger partial charge in [-0.2, -0.15) is 0 Å². The number of rotatable bonds is 3. The van der Waals surface area contributed by atoms with Crippen LogP contribution in [0.1, 0.15) is 27.4 Å². The fraction of sp³-hybridized carbons (Fsp3) is 0.231. The molecule has 0 unspecified atom stereocenters. The molecule has 1 aromatic heterocycles.